The molecule has 0 fully saturated rings. The minimum atomic E-state index is -4.76. The minimum Gasteiger partial charge on any atom is -1.00 e. The van der Waals surface area contributed by atoms with Crippen LogP contribution in [0.2, 0.25) is 0 Å². The van der Waals surface area contributed by atoms with Gasteiger partial charge >= 0.3 is 63.8 Å². The molecule has 0 aromatic rings. The molecule has 0 aromatic carbocycles. The summed E-state index contributed by atoms with van der Waals surface area (Å²) in [6.07, 6.45) is 6.15. The quantitative estimate of drug-likeness (QED) is 0.0719. The Morgan fingerprint density at radius 3 is 1.36 bits per heavy atom. The third-order valence-corrected chi connectivity index (χ3v) is 6.63. The normalized spacial score (nSPS) is 12.9. The van der Waals surface area contributed by atoms with E-state index in [4.69, 9.17) is 37.2 Å². The topological polar surface area (TPSA) is 256 Å². The van der Waals surface area contributed by atoms with Gasteiger partial charge in [-0.1, -0.05) is 66.2 Å². The van der Waals surface area contributed by atoms with Gasteiger partial charge in [-0.25, -0.2) is 0 Å². The maximum atomic E-state index is 12.2. The summed E-state index contributed by atoms with van der Waals surface area (Å²) >= 11 is 0. The Morgan fingerprint density at radius 2 is 1.07 bits per heavy atom. The van der Waals surface area contributed by atoms with Gasteiger partial charge in [0.15, 0.2) is 5.25 Å². The first kappa shape index (κ1) is 47.6. The van der Waals surface area contributed by atoms with Crippen molar-refractivity contribution >= 4 is 44.4 Å². The largest absolute Gasteiger partial charge is 1.00 e. The number of aliphatic carboxylic acids is 2. The van der Waals surface area contributed by atoms with Gasteiger partial charge in [0.1, 0.15) is 0 Å². The van der Waals surface area contributed by atoms with Crippen molar-refractivity contribution in [2.45, 2.75) is 104 Å². The molecule has 3 atom stereocenters. The number of hydrogen-bond acceptors (Lipinski definition) is 10. The number of carboxylic acids is 2. The van der Waals surface area contributed by atoms with E-state index in [-0.39, 0.29) is 68.9 Å². The van der Waals surface area contributed by atoms with Gasteiger partial charge < -0.3 is 21.1 Å². The molecule has 0 heterocycles. The Bertz CT molecular complexity index is 953. The molecule has 3 unspecified atom stereocenters. The monoisotopic (exact) mass is 662 g/mol. The van der Waals surface area contributed by atoms with Gasteiger partial charge in [-0.3, -0.25) is 32.8 Å². The van der Waals surface area contributed by atoms with Crippen LogP contribution in [0.15, 0.2) is 0 Å². The fourth-order valence-corrected chi connectivity index (χ4v) is 3.69. The predicted octanol–water partition coefficient (Wildman–Crippen LogP) is 0.552. The van der Waals surface area contributed by atoms with Crippen molar-refractivity contribution in [3.63, 3.8) is 0 Å². The van der Waals surface area contributed by atoms with E-state index in [9.17, 15) is 32.1 Å². The summed E-state index contributed by atoms with van der Waals surface area (Å²) in [5.74, 6) is -3.76. The molecule has 0 rings (SSSR count). The van der Waals surface area contributed by atoms with E-state index in [0.717, 1.165) is 51.4 Å². The molecule has 0 aliphatic heterocycles. The Kier molecular flexibility index (Phi) is 30.8. The molecule has 0 aromatic heterocycles. The average molecular weight is 663 g/mol. The second-order valence-corrected chi connectivity index (χ2v) is 11.6. The van der Waals surface area contributed by atoms with Crippen molar-refractivity contribution in [3.05, 3.63) is 0 Å². The average Bonchev–Trinajstić information content (AvgIpc) is 2.84. The number of carbonyl (C=O) groups is 4. The first-order valence-electron chi connectivity index (χ1n) is 13.2. The third-order valence-electron chi connectivity index (χ3n) is 5.56. The summed E-state index contributed by atoms with van der Waals surface area (Å²) in [5.41, 5.74) is 0. The molecule has 0 bridgehead atoms. The number of unbranched alkanes of at least 4 members (excludes halogenated alkanes) is 2. The fraction of sp³-hybridized carbons (Fsp3) is 0.833. The predicted molar refractivity (Wildman–Crippen MR) is 148 cm³/mol. The molecule has 42 heavy (non-hydrogen) atoms. The molecule has 0 saturated carbocycles. The summed E-state index contributed by atoms with van der Waals surface area (Å²) in [7, 11) is -9.43. The van der Waals surface area contributed by atoms with E-state index in [1.807, 2.05) is 13.8 Å². The van der Waals surface area contributed by atoms with E-state index in [1.54, 1.807) is 0 Å². The summed E-state index contributed by atoms with van der Waals surface area (Å²) in [5, 5.41) is 13.9. The molecule has 246 valence electrons. The van der Waals surface area contributed by atoms with Crippen LogP contribution in [0.3, 0.4) is 0 Å². The standard InChI is InChI=1S/C20H38O7S.C4H6O4.Na.H2O4S.H/c1-5-9-11-16(7-3)14-26-19(21)13-18(28(23,24)25)20(22)27-15-17(8-4)12-10-6-2;5-3(6)1-2-4(7)8;;1-5(2,3)4;/h16-18H,5-15H2,1-4H3,(H,23,24,25);1-2H2,(H,5,6)(H,7,8);;(H2,1,2,3,4);/q;;+1;;-1. The fourth-order valence-electron chi connectivity index (χ4n) is 3.03. The Balaban J connectivity index is -0.000000267. The first-order valence-corrected chi connectivity index (χ1v) is 16.1. The van der Waals surface area contributed by atoms with Crippen LogP contribution in [0.5, 0.6) is 0 Å². The summed E-state index contributed by atoms with van der Waals surface area (Å²) in [4.78, 5) is 43.5. The molecule has 15 nitrogen and oxygen atoms in total. The molecule has 0 aliphatic carbocycles. The number of esters is 2. The van der Waals surface area contributed by atoms with Crippen LogP contribution in [0.1, 0.15) is 99.8 Å². The third kappa shape index (κ3) is 34.9. The second-order valence-electron chi connectivity index (χ2n) is 9.09. The smallest absolute Gasteiger partial charge is 1.00 e. The van der Waals surface area contributed by atoms with Crippen molar-refractivity contribution in [2.75, 3.05) is 13.2 Å². The molecule has 0 saturated heterocycles. The summed E-state index contributed by atoms with van der Waals surface area (Å²) < 4.78 is 74.3. The molecule has 18 heteroatoms. The van der Waals surface area contributed by atoms with E-state index in [2.05, 4.69) is 13.8 Å². The zero-order valence-corrected chi connectivity index (χ0v) is 28.7. The summed E-state index contributed by atoms with van der Waals surface area (Å²) in [6, 6.07) is 0. The van der Waals surface area contributed by atoms with Crippen LogP contribution >= 0.6 is 0 Å². The number of carboxylic acid groups (broad SMARTS) is 2. The minimum absolute atomic E-state index is 0. The Hall–Kier alpha value is -1.34. The summed E-state index contributed by atoms with van der Waals surface area (Å²) in [6.45, 7) is 8.35. The van der Waals surface area contributed by atoms with Crippen molar-refractivity contribution in [3.8, 4) is 0 Å². The molecular weight excluding hydrogens is 615 g/mol. The van der Waals surface area contributed by atoms with E-state index < -0.39 is 56.1 Å². The molecule has 5 N–H and O–H groups in total. The van der Waals surface area contributed by atoms with Gasteiger partial charge in [0.05, 0.1) is 32.5 Å². The Labute approximate surface area is 272 Å². The van der Waals surface area contributed by atoms with Crippen LogP contribution in [0, 0.1) is 11.8 Å². The van der Waals surface area contributed by atoms with Crippen LogP contribution in [0.4, 0.5) is 0 Å². The maximum absolute atomic E-state index is 12.2. The van der Waals surface area contributed by atoms with Crippen molar-refractivity contribution in [2.24, 2.45) is 11.8 Å². The van der Waals surface area contributed by atoms with Crippen molar-refractivity contribution < 1.29 is 100 Å². The van der Waals surface area contributed by atoms with Gasteiger partial charge in [0.2, 0.25) is 0 Å². The number of rotatable bonds is 19. The maximum Gasteiger partial charge on any atom is 1.00 e. The Morgan fingerprint density at radius 1 is 0.714 bits per heavy atom. The second kappa shape index (κ2) is 27.2. The zero-order chi connectivity index (χ0) is 32.6. The zero-order valence-electron chi connectivity index (χ0n) is 26.1. The van der Waals surface area contributed by atoms with Crippen LogP contribution in [-0.4, -0.2) is 83.0 Å². The van der Waals surface area contributed by atoms with E-state index >= 15 is 0 Å². The first-order chi connectivity index (χ1) is 18.8. The number of ether oxygens (including phenoxy) is 2. The number of carbonyl (C=O) groups excluding carboxylic acids is 2. The van der Waals surface area contributed by atoms with Crippen molar-refractivity contribution in [1.82, 2.24) is 0 Å². The van der Waals surface area contributed by atoms with Gasteiger partial charge in [-0.2, -0.15) is 16.8 Å². The van der Waals surface area contributed by atoms with E-state index in [1.165, 1.54) is 0 Å². The van der Waals surface area contributed by atoms with Gasteiger partial charge in [-0.05, 0) is 24.7 Å². The molecule has 0 spiro atoms. The van der Waals surface area contributed by atoms with Gasteiger partial charge in [-0.15, -0.1) is 0 Å². The molecule has 0 radical (unpaired) electrons. The van der Waals surface area contributed by atoms with Crippen LogP contribution < -0.4 is 29.6 Å². The van der Waals surface area contributed by atoms with Gasteiger partial charge in [0, 0.05) is 0 Å². The SMILES string of the molecule is CCCCC(CC)COC(=O)CC(C(=O)OCC(CC)CCCC)S(=O)(=O)O.O=C(O)CCC(=O)O.O=S(=O)(O)O.[H-].[Na+]. The number of hydrogen-bond donors (Lipinski definition) is 5. The molecule has 0 amide bonds. The van der Waals surface area contributed by atoms with Crippen LogP contribution in [0.25, 0.3) is 0 Å². The molecular formula is C24H47NaO15S2. The van der Waals surface area contributed by atoms with Crippen LogP contribution in [-0.2, 0) is 49.2 Å². The van der Waals surface area contributed by atoms with E-state index in [0.29, 0.717) is 0 Å². The molecule has 0 aliphatic rings. The van der Waals surface area contributed by atoms with Gasteiger partial charge in [0.25, 0.3) is 10.1 Å². The van der Waals surface area contributed by atoms with Crippen molar-refractivity contribution in [1.29, 1.82) is 0 Å².